The van der Waals surface area contributed by atoms with Crippen molar-refractivity contribution >= 4 is 23.5 Å². The number of quaternary nitrogens is 2. The molecule has 0 aliphatic carbocycles. The predicted molar refractivity (Wildman–Crippen MR) is 108 cm³/mol. The lowest BCUT2D eigenvalue weighted by molar-refractivity contribution is -0.906. The van der Waals surface area contributed by atoms with Gasteiger partial charge in [0, 0.05) is 12.2 Å². The van der Waals surface area contributed by atoms with E-state index in [-0.39, 0.29) is 0 Å². The second kappa shape index (κ2) is 13.0. The standard InChI is InChI=1S/C18H42N2S2/c1-7-19(5,8-2)13-11-15-21-16-12-17-22-18-14-20(6,9-3)10-4/h7-18H2,1-6H3/q+2. The summed E-state index contributed by atoms with van der Waals surface area (Å²) in [5.74, 6) is 5.37. The molecule has 0 aromatic carbocycles. The molecule has 2 nitrogen and oxygen atoms in total. The smallest absolute Gasteiger partial charge is 0.0876 e. The van der Waals surface area contributed by atoms with Gasteiger partial charge in [0.25, 0.3) is 0 Å². The second-order valence-electron chi connectivity index (χ2n) is 6.88. The molecule has 0 spiro atoms. The van der Waals surface area contributed by atoms with Crippen LogP contribution >= 0.6 is 23.5 Å². The van der Waals surface area contributed by atoms with Gasteiger partial charge in [-0.25, -0.2) is 0 Å². The van der Waals surface area contributed by atoms with E-state index < -0.39 is 0 Å². The lowest BCUT2D eigenvalue weighted by atomic mass is 10.3. The van der Waals surface area contributed by atoms with Gasteiger partial charge in [0.2, 0.25) is 0 Å². The van der Waals surface area contributed by atoms with Crippen LogP contribution in [0.3, 0.4) is 0 Å². The number of rotatable bonds is 15. The fourth-order valence-corrected chi connectivity index (χ4v) is 4.57. The van der Waals surface area contributed by atoms with Gasteiger partial charge in [0.1, 0.15) is 0 Å². The summed E-state index contributed by atoms with van der Waals surface area (Å²) in [5, 5.41) is 0. The largest absolute Gasteiger partial charge is 0.326 e. The third-order valence-electron chi connectivity index (χ3n) is 5.39. The van der Waals surface area contributed by atoms with E-state index in [1.165, 1.54) is 84.1 Å². The average Bonchev–Trinajstić information content (AvgIpc) is 2.56. The lowest BCUT2D eigenvalue weighted by Crippen LogP contribution is -2.45. The third kappa shape index (κ3) is 10.4. The van der Waals surface area contributed by atoms with E-state index in [0.717, 1.165) is 0 Å². The monoisotopic (exact) mass is 350 g/mol. The number of thioether (sulfide) groups is 2. The normalized spacial score (nSPS) is 12.8. The van der Waals surface area contributed by atoms with Gasteiger partial charge in [-0.3, -0.25) is 0 Å². The second-order valence-corrected chi connectivity index (χ2v) is 9.33. The first-order valence-corrected chi connectivity index (χ1v) is 11.6. The molecular formula is C18H42N2S2+2. The van der Waals surface area contributed by atoms with E-state index in [0.29, 0.717) is 0 Å². The van der Waals surface area contributed by atoms with E-state index in [4.69, 9.17) is 0 Å². The Morgan fingerprint density at radius 3 is 1.45 bits per heavy atom. The molecule has 0 aliphatic heterocycles. The van der Waals surface area contributed by atoms with Crippen molar-refractivity contribution < 1.29 is 8.97 Å². The minimum absolute atomic E-state index is 1.23. The fraction of sp³-hybridized carbons (Fsp3) is 1.00. The molecule has 0 aliphatic rings. The van der Waals surface area contributed by atoms with Crippen LogP contribution in [0.1, 0.15) is 40.5 Å². The van der Waals surface area contributed by atoms with Gasteiger partial charge in [-0.15, -0.1) is 0 Å². The minimum atomic E-state index is 1.23. The highest BCUT2D eigenvalue weighted by Crippen LogP contribution is 2.12. The molecule has 0 bridgehead atoms. The van der Waals surface area contributed by atoms with E-state index in [1.807, 2.05) is 0 Å². The zero-order valence-electron chi connectivity index (χ0n) is 16.2. The molecule has 0 rings (SSSR count). The Morgan fingerprint density at radius 1 is 0.545 bits per heavy atom. The maximum atomic E-state index is 2.39. The van der Waals surface area contributed by atoms with Crippen molar-refractivity contribution in [3.05, 3.63) is 0 Å². The summed E-state index contributed by atoms with van der Waals surface area (Å²) in [6.45, 7) is 17.0. The molecule has 4 heteroatoms. The Morgan fingerprint density at radius 2 is 0.955 bits per heavy atom. The van der Waals surface area contributed by atoms with Gasteiger partial charge >= 0.3 is 0 Å². The number of hydrogen-bond acceptors (Lipinski definition) is 2. The highest BCUT2D eigenvalue weighted by atomic mass is 32.2. The molecule has 22 heavy (non-hydrogen) atoms. The summed E-state index contributed by atoms with van der Waals surface area (Å²) in [4.78, 5) is 0. The Bertz CT molecular complexity index is 225. The zero-order chi connectivity index (χ0) is 16.9. The van der Waals surface area contributed by atoms with E-state index in [1.54, 1.807) is 0 Å². The van der Waals surface area contributed by atoms with Gasteiger partial charge in [-0.2, -0.15) is 23.5 Å². The molecule has 0 saturated carbocycles. The van der Waals surface area contributed by atoms with Crippen LogP contribution < -0.4 is 0 Å². The molecule has 0 amide bonds. The van der Waals surface area contributed by atoms with E-state index >= 15 is 0 Å². The van der Waals surface area contributed by atoms with Gasteiger partial charge in [-0.05, 0) is 51.4 Å². The predicted octanol–water partition coefficient (Wildman–Crippen LogP) is 4.21. The van der Waals surface area contributed by atoms with Crippen LogP contribution in [-0.2, 0) is 0 Å². The molecule has 0 radical (unpaired) electrons. The van der Waals surface area contributed by atoms with Gasteiger partial charge in [-0.1, -0.05) is 0 Å². The number of nitrogens with zero attached hydrogens (tertiary/aromatic N) is 2. The maximum absolute atomic E-state index is 2.39. The van der Waals surface area contributed by atoms with Crippen molar-refractivity contribution in [2.24, 2.45) is 0 Å². The Kier molecular flexibility index (Phi) is 13.3. The summed E-state index contributed by atoms with van der Waals surface area (Å²) in [6, 6.07) is 0. The van der Waals surface area contributed by atoms with Gasteiger partial charge < -0.3 is 8.97 Å². The van der Waals surface area contributed by atoms with Crippen molar-refractivity contribution in [2.75, 3.05) is 76.4 Å². The van der Waals surface area contributed by atoms with Crippen LogP contribution in [0.2, 0.25) is 0 Å². The number of hydrogen-bond donors (Lipinski definition) is 0. The highest BCUT2D eigenvalue weighted by Gasteiger charge is 2.15. The Hall–Kier alpha value is 0.620. The molecule has 134 valence electrons. The molecule has 0 aromatic rings. The Labute approximate surface area is 149 Å². The van der Waals surface area contributed by atoms with Crippen LogP contribution in [0.5, 0.6) is 0 Å². The van der Waals surface area contributed by atoms with Crippen LogP contribution in [0.4, 0.5) is 0 Å². The first-order valence-electron chi connectivity index (χ1n) is 9.27. The summed E-state index contributed by atoms with van der Waals surface area (Å²) in [6.07, 6.45) is 2.75. The quantitative estimate of drug-likeness (QED) is 0.320. The Balaban J connectivity index is 3.41. The lowest BCUT2D eigenvalue weighted by Gasteiger charge is -2.32. The molecule has 0 unspecified atom stereocenters. The minimum Gasteiger partial charge on any atom is -0.326 e. The van der Waals surface area contributed by atoms with Crippen LogP contribution in [-0.4, -0.2) is 85.3 Å². The molecule has 0 fully saturated rings. The summed E-state index contributed by atoms with van der Waals surface area (Å²) in [5.41, 5.74) is 0. The van der Waals surface area contributed by atoms with E-state index in [2.05, 4.69) is 65.3 Å². The molecular weight excluding hydrogens is 308 g/mol. The zero-order valence-corrected chi connectivity index (χ0v) is 17.8. The average molecular weight is 351 g/mol. The molecule has 0 saturated heterocycles. The van der Waals surface area contributed by atoms with Crippen molar-refractivity contribution in [1.29, 1.82) is 0 Å². The first-order chi connectivity index (χ1) is 10.4. The first kappa shape index (κ1) is 22.6. The van der Waals surface area contributed by atoms with Crippen molar-refractivity contribution in [1.82, 2.24) is 0 Å². The van der Waals surface area contributed by atoms with Crippen molar-refractivity contribution in [2.45, 2.75) is 40.5 Å². The summed E-state index contributed by atoms with van der Waals surface area (Å²) in [7, 11) is 4.77. The third-order valence-corrected chi connectivity index (χ3v) is 7.60. The van der Waals surface area contributed by atoms with Crippen LogP contribution in [0.15, 0.2) is 0 Å². The molecule has 0 N–H and O–H groups in total. The van der Waals surface area contributed by atoms with Crippen molar-refractivity contribution in [3.63, 3.8) is 0 Å². The SMILES string of the molecule is CC[N+](C)(CC)CCCSCCCSCC[N+](C)(CC)CC. The van der Waals surface area contributed by atoms with Gasteiger partial charge in [0.05, 0.1) is 53.4 Å². The van der Waals surface area contributed by atoms with E-state index in [9.17, 15) is 0 Å². The van der Waals surface area contributed by atoms with Gasteiger partial charge in [0.15, 0.2) is 0 Å². The molecule has 0 atom stereocenters. The highest BCUT2D eigenvalue weighted by molar-refractivity contribution is 8.00. The van der Waals surface area contributed by atoms with Crippen LogP contribution in [0, 0.1) is 0 Å². The molecule has 0 aromatic heterocycles. The van der Waals surface area contributed by atoms with Crippen LogP contribution in [0.25, 0.3) is 0 Å². The maximum Gasteiger partial charge on any atom is 0.0876 e. The fourth-order valence-electron chi connectivity index (χ4n) is 2.38. The van der Waals surface area contributed by atoms with Crippen molar-refractivity contribution in [3.8, 4) is 0 Å². The molecule has 0 heterocycles. The topological polar surface area (TPSA) is 0 Å². The summed E-state index contributed by atoms with van der Waals surface area (Å²) >= 11 is 4.31. The summed E-state index contributed by atoms with van der Waals surface area (Å²) < 4.78 is 2.47.